The number of halogens is 3. The molecule has 0 bridgehead atoms. The molecule has 0 aliphatic rings. The zero-order valence-electron chi connectivity index (χ0n) is 13.4. The Morgan fingerprint density at radius 3 is 2.62 bits per heavy atom. The highest BCUT2D eigenvalue weighted by Crippen LogP contribution is 2.25. The van der Waals surface area contributed by atoms with Gasteiger partial charge in [0.1, 0.15) is 11.6 Å². The fourth-order valence-electron chi connectivity index (χ4n) is 2.28. The van der Waals surface area contributed by atoms with Gasteiger partial charge in [0, 0.05) is 0 Å². The second-order valence-electron chi connectivity index (χ2n) is 5.31. The van der Waals surface area contributed by atoms with Crippen LogP contribution in [-0.2, 0) is 17.5 Å². The second-order valence-corrected chi connectivity index (χ2v) is 5.31. The van der Waals surface area contributed by atoms with Gasteiger partial charge in [-0.15, -0.1) is 10.2 Å². The minimum Gasteiger partial charge on any atom is -0.347 e. The number of nitrogens with one attached hydrogen (secondary N) is 2. The normalized spacial score (nSPS) is 12.8. The Bertz CT molecular complexity index is 889. The van der Waals surface area contributed by atoms with E-state index in [-0.39, 0.29) is 12.4 Å². The zero-order valence-corrected chi connectivity index (χ0v) is 13.4. The van der Waals surface area contributed by atoms with Gasteiger partial charge in [-0.25, -0.2) is 9.67 Å². The van der Waals surface area contributed by atoms with Crippen molar-refractivity contribution < 1.29 is 18.0 Å². The lowest BCUT2D eigenvalue weighted by Crippen LogP contribution is -2.34. The first kappa shape index (κ1) is 17.5. The lowest BCUT2D eigenvalue weighted by Gasteiger charge is -2.17. The molecule has 2 heterocycles. The van der Waals surface area contributed by atoms with E-state index < -0.39 is 23.9 Å². The first-order chi connectivity index (χ1) is 12.4. The highest BCUT2D eigenvalue weighted by Gasteiger charge is 2.36. The fraction of sp³-hybridized carbons (Fsp3) is 0.286. The van der Waals surface area contributed by atoms with E-state index in [9.17, 15) is 18.0 Å². The summed E-state index contributed by atoms with van der Waals surface area (Å²) in [7, 11) is 0. The molecule has 3 rings (SSSR count). The maximum Gasteiger partial charge on any atom is 0.453 e. The van der Waals surface area contributed by atoms with Crippen LogP contribution in [0.4, 0.5) is 13.2 Å². The van der Waals surface area contributed by atoms with Gasteiger partial charge in [0.25, 0.3) is 5.82 Å². The summed E-state index contributed by atoms with van der Waals surface area (Å²) in [5, 5.41) is 18.9. The smallest absolute Gasteiger partial charge is 0.347 e. The van der Waals surface area contributed by atoms with E-state index in [1.54, 1.807) is 37.3 Å². The topological polar surface area (TPSA) is 114 Å². The lowest BCUT2D eigenvalue weighted by atomic mass is 10.1. The Kier molecular flexibility index (Phi) is 4.65. The first-order valence-electron chi connectivity index (χ1n) is 7.42. The zero-order chi connectivity index (χ0) is 18.7. The van der Waals surface area contributed by atoms with Crippen molar-refractivity contribution in [2.75, 3.05) is 0 Å². The van der Waals surface area contributed by atoms with Crippen molar-refractivity contribution in [3.05, 3.63) is 53.4 Å². The molecule has 0 radical (unpaired) electrons. The predicted molar refractivity (Wildman–Crippen MR) is 80.4 cm³/mol. The highest BCUT2D eigenvalue weighted by molar-refractivity contribution is 5.83. The van der Waals surface area contributed by atoms with Crippen LogP contribution in [0.5, 0.6) is 0 Å². The van der Waals surface area contributed by atoms with E-state index in [0.717, 1.165) is 0 Å². The Hall–Kier alpha value is -3.31. The van der Waals surface area contributed by atoms with Crippen LogP contribution in [-0.4, -0.2) is 41.3 Å². The number of hydrogen-bond acceptors (Lipinski definition) is 6. The lowest BCUT2D eigenvalue weighted by molar-refractivity contribution is -0.144. The number of alkyl halides is 3. The van der Waals surface area contributed by atoms with Gasteiger partial charge in [0.2, 0.25) is 5.91 Å². The van der Waals surface area contributed by atoms with Gasteiger partial charge in [-0.3, -0.25) is 9.89 Å². The van der Waals surface area contributed by atoms with Gasteiger partial charge in [-0.2, -0.15) is 13.2 Å². The molecule has 0 aliphatic carbocycles. The van der Waals surface area contributed by atoms with E-state index in [2.05, 4.69) is 36.0 Å². The summed E-state index contributed by atoms with van der Waals surface area (Å²) in [6, 6.07) is 7.86. The molecular weight excluding hydrogens is 353 g/mol. The standard InChI is InChI=1S/C14H13F3N8O/c1-8-20-23-24-25(8)11(9-5-3-2-4-6-9)12(26)18-7-10-19-13(22-21-10)14(15,16)17/h2-6,11H,7H2,1H3,(H,18,26)(H,19,21,22)/t11-/m1/s1. The quantitative estimate of drug-likeness (QED) is 0.697. The van der Waals surface area contributed by atoms with Gasteiger partial charge in [-0.1, -0.05) is 30.3 Å². The minimum absolute atomic E-state index is 0.120. The van der Waals surface area contributed by atoms with Gasteiger partial charge >= 0.3 is 6.18 Å². The average Bonchev–Trinajstić information content (AvgIpc) is 3.24. The Labute approximate surface area is 144 Å². The summed E-state index contributed by atoms with van der Waals surface area (Å²) in [6.07, 6.45) is -4.66. The molecule has 0 spiro atoms. The second kappa shape index (κ2) is 6.90. The van der Waals surface area contributed by atoms with Crippen LogP contribution >= 0.6 is 0 Å². The summed E-state index contributed by atoms with van der Waals surface area (Å²) < 4.78 is 38.9. The summed E-state index contributed by atoms with van der Waals surface area (Å²) >= 11 is 0. The number of tetrazole rings is 1. The van der Waals surface area contributed by atoms with Crippen molar-refractivity contribution in [1.82, 2.24) is 40.7 Å². The molecule has 26 heavy (non-hydrogen) atoms. The van der Waals surface area contributed by atoms with Gasteiger partial charge in [-0.05, 0) is 22.9 Å². The van der Waals surface area contributed by atoms with Crippen LogP contribution in [0.3, 0.4) is 0 Å². The summed E-state index contributed by atoms with van der Waals surface area (Å²) in [6.45, 7) is 1.38. The molecule has 1 aromatic carbocycles. The summed E-state index contributed by atoms with van der Waals surface area (Å²) in [5.74, 6) is -1.51. The van der Waals surface area contributed by atoms with Crippen molar-refractivity contribution >= 4 is 5.91 Å². The van der Waals surface area contributed by atoms with Crippen LogP contribution in [0.2, 0.25) is 0 Å². The van der Waals surface area contributed by atoms with Crippen molar-refractivity contribution in [2.24, 2.45) is 0 Å². The minimum atomic E-state index is -4.66. The van der Waals surface area contributed by atoms with E-state index in [4.69, 9.17) is 0 Å². The number of aryl methyl sites for hydroxylation is 1. The molecule has 1 amide bonds. The molecule has 0 fully saturated rings. The van der Waals surface area contributed by atoms with Gasteiger partial charge in [0.05, 0.1) is 6.54 Å². The number of amides is 1. The van der Waals surface area contributed by atoms with Gasteiger partial charge < -0.3 is 5.32 Å². The summed E-state index contributed by atoms with van der Waals surface area (Å²) in [4.78, 5) is 16.0. The van der Waals surface area contributed by atoms with Crippen LogP contribution < -0.4 is 5.32 Å². The third-order valence-electron chi connectivity index (χ3n) is 3.48. The van der Waals surface area contributed by atoms with Crippen molar-refractivity contribution in [2.45, 2.75) is 25.7 Å². The molecule has 1 atom stereocenters. The van der Waals surface area contributed by atoms with Crippen LogP contribution in [0.1, 0.15) is 29.1 Å². The fourth-order valence-corrected chi connectivity index (χ4v) is 2.28. The van der Waals surface area contributed by atoms with E-state index >= 15 is 0 Å². The number of carbonyl (C=O) groups excluding carboxylic acids is 1. The number of carbonyl (C=O) groups is 1. The third-order valence-corrected chi connectivity index (χ3v) is 3.48. The van der Waals surface area contributed by atoms with Crippen LogP contribution in [0.25, 0.3) is 0 Å². The number of hydrogen-bond donors (Lipinski definition) is 2. The molecule has 2 aromatic heterocycles. The monoisotopic (exact) mass is 366 g/mol. The Balaban J connectivity index is 1.78. The molecular formula is C14H13F3N8O. The van der Waals surface area contributed by atoms with E-state index in [1.165, 1.54) is 4.68 Å². The Morgan fingerprint density at radius 1 is 1.31 bits per heavy atom. The number of nitrogens with zero attached hydrogens (tertiary/aromatic N) is 6. The molecule has 12 heteroatoms. The number of aromatic amines is 1. The predicted octanol–water partition coefficient (Wildman–Crippen LogP) is 1.02. The molecule has 0 saturated heterocycles. The first-order valence-corrected chi connectivity index (χ1v) is 7.42. The molecule has 2 N–H and O–H groups in total. The number of benzene rings is 1. The number of rotatable bonds is 5. The van der Waals surface area contributed by atoms with Crippen molar-refractivity contribution in [3.63, 3.8) is 0 Å². The molecule has 3 aromatic rings. The van der Waals surface area contributed by atoms with Gasteiger partial charge in [0.15, 0.2) is 6.04 Å². The maximum atomic E-state index is 12.7. The molecule has 9 nitrogen and oxygen atoms in total. The summed E-state index contributed by atoms with van der Waals surface area (Å²) in [5.41, 5.74) is 0.619. The SMILES string of the molecule is Cc1nnnn1[C@@H](C(=O)NCc1nc(C(F)(F)F)n[nH]1)c1ccccc1. The van der Waals surface area contributed by atoms with E-state index in [0.29, 0.717) is 11.4 Å². The molecule has 0 saturated carbocycles. The molecule has 0 unspecified atom stereocenters. The van der Waals surface area contributed by atoms with E-state index in [1.807, 2.05) is 0 Å². The molecule has 136 valence electrons. The van der Waals surface area contributed by atoms with Crippen molar-refractivity contribution in [1.29, 1.82) is 0 Å². The Morgan fingerprint density at radius 2 is 2.04 bits per heavy atom. The highest BCUT2D eigenvalue weighted by atomic mass is 19.4. The maximum absolute atomic E-state index is 12.7. The average molecular weight is 366 g/mol. The largest absolute Gasteiger partial charge is 0.453 e. The van der Waals surface area contributed by atoms with Crippen molar-refractivity contribution in [3.8, 4) is 0 Å². The molecule has 0 aliphatic heterocycles. The van der Waals surface area contributed by atoms with Crippen LogP contribution in [0.15, 0.2) is 30.3 Å². The van der Waals surface area contributed by atoms with Crippen LogP contribution in [0, 0.1) is 6.92 Å². The third kappa shape index (κ3) is 3.68. The number of aromatic nitrogens is 7. The number of H-pyrrole nitrogens is 1.